The number of methoxy groups -OCH3 is 1. The van der Waals surface area contributed by atoms with E-state index in [0.717, 1.165) is 36.5 Å². The summed E-state index contributed by atoms with van der Waals surface area (Å²) in [6, 6.07) is 7.95. The number of fused-ring (bicyclic) bond motifs is 2. The Morgan fingerprint density at radius 2 is 2.03 bits per heavy atom. The van der Waals surface area contributed by atoms with Crippen LogP contribution in [0, 0.1) is 0 Å². The topological polar surface area (TPSA) is 113 Å². The number of nitrogens with one attached hydrogen (secondary N) is 2. The van der Waals surface area contributed by atoms with Crippen LogP contribution in [0.2, 0.25) is 5.02 Å². The van der Waals surface area contributed by atoms with Crippen molar-refractivity contribution in [2.75, 3.05) is 37.8 Å². The smallest absolute Gasteiger partial charge is 0.235 e. The quantitative estimate of drug-likeness (QED) is 0.379. The first-order chi connectivity index (χ1) is 17.0. The van der Waals surface area contributed by atoms with Gasteiger partial charge in [-0.2, -0.15) is 0 Å². The molecule has 37 heavy (non-hydrogen) atoms. The zero-order valence-corrected chi connectivity index (χ0v) is 23.4. The van der Waals surface area contributed by atoms with E-state index in [9.17, 15) is 9.90 Å². The monoisotopic (exact) mass is 586 g/mol. The molecule has 3 aromatic rings. The number of piperidine rings is 1. The minimum atomic E-state index is -0.787. The van der Waals surface area contributed by atoms with Gasteiger partial charge in [0, 0.05) is 37.0 Å². The van der Waals surface area contributed by atoms with E-state index >= 15 is 0 Å². The molecule has 200 valence electrons. The first kappa shape index (κ1) is 29.6. The molecule has 0 aromatic carbocycles. The van der Waals surface area contributed by atoms with Gasteiger partial charge in [0.1, 0.15) is 11.3 Å². The Morgan fingerprint density at radius 3 is 2.78 bits per heavy atom. The van der Waals surface area contributed by atoms with Gasteiger partial charge in [0.2, 0.25) is 11.8 Å². The molecule has 3 aromatic heterocycles. The van der Waals surface area contributed by atoms with E-state index in [1.165, 1.54) is 11.8 Å². The van der Waals surface area contributed by atoms with E-state index in [4.69, 9.17) is 16.3 Å². The Labute approximate surface area is 236 Å². The predicted molar refractivity (Wildman–Crippen MR) is 150 cm³/mol. The van der Waals surface area contributed by atoms with E-state index in [-0.39, 0.29) is 30.7 Å². The number of aliphatic hydroxyl groups is 1. The molecule has 2 aliphatic rings. The van der Waals surface area contributed by atoms with Crippen LogP contribution in [-0.2, 0) is 11.3 Å². The van der Waals surface area contributed by atoms with Gasteiger partial charge in [0.15, 0.2) is 0 Å². The summed E-state index contributed by atoms with van der Waals surface area (Å²) in [5.74, 6) is 1.54. The lowest BCUT2D eigenvalue weighted by atomic mass is 10.0. The van der Waals surface area contributed by atoms with Crippen LogP contribution >= 0.6 is 48.2 Å². The van der Waals surface area contributed by atoms with Crippen LogP contribution in [0.25, 0.3) is 11.0 Å². The molecule has 0 aliphatic carbocycles. The highest BCUT2D eigenvalue weighted by Gasteiger charge is 2.25. The number of thioether (sulfide) groups is 1. The molecule has 9 nitrogen and oxygen atoms in total. The van der Waals surface area contributed by atoms with Crippen molar-refractivity contribution in [3.8, 4) is 5.88 Å². The molecule has 1 amide bonds. The van der Waals surface area contributed by atoms with Gasteiger partial charge in [-0.15, -0.1) is 36.6 Å². The van der Waals surface area contributed by atoms with Crippen LogP contribution in [-0.4, -0.2) is 69.4 Å². The van der Waals surface area contributed by atoms with Crippen molar-refractivity contribution < 1.29 is 14.6 Å². The number of nitrogens with zero attached hydrogens (tertiary/aromatic N) is 4. The van der Waals surface area contributed by atoms with Gasteiger partial charge in [-0.05, 0) is 44.1 Å². The number of halogens is 3. The molecule has 0 saturated carbocycles. The molecule has 5 heterocycles. The average molecular weight is 588 g/mol. The van der Waals surface area contributed by atoms with E-state index in [2.05, 4.69) is 30.5 Å². The molecular weight excluding hydrogens is 559 g/mol. The molecule has 13 heteroatoms. The zero-order chi connectivity index (χ0) is 24.4. The number of rotatable bonds is 7. The molecule has 3 N–H and O–H groups in total. The van der Waals surface area contributed by atoms with Gasteiger partial charge in [0.05, 0.1) is 40.1 Å². The highest BCUT2D eigenvalue weighted by atomic mass is 35.5. The Kier molecular flexibility index (Phi) is 10.6. The lowest BCUT2D eigenvalue weighted by Crippen LogP contribution is -2.43. The Balaban J connectivity index is 0.00000190. The van der Waals surface area contributed by atoms with Crippen molar-refractivity contribution in [1.82, 2.24) is 25.2 Å². The number of ether oxygens (including phenoxy) is 1. The summed E-state index contributed by atoms with van der Waals surface area (Å²) in [4.78, 5) is 28.3. The third-order valence-electron chi connectivity index (χ3n) is 6.34. The second kappa shape index (κ2) is 13.2. The van der Waals surface area contributed by atoms with Crippen LogP contribution in [0.3, 0.4) is 0 Å². The van der Waals surface area contributed by atoms with Crippen molar-refractivity contribution in [3.63, 3.8) is 0 Å². The standard InChI is InChI=1S/C24H27ClN6O3S.2ClH/c1-34-21-5-3-17-23(30-21)22(16(25)11-27-17)18(32)12-31-8-6-14(7-9-31)26-10-15-2-4-19-24(28-15)29-20(33)13-35-19;;/h2-5,11,14,18,26,32H,6-10,12-13H2,1H3,(H,28,29,33);2*1H. The number of anilines is 1. The van der Waals surface area contributed by atoms with E-state index in [1.54, 1.807) is 19.4 Å². The summed E-state index contributed by atoms with van der Waals surface area (Å²) in [7, 11) is 1.55. The number of carbonyl (C=O) groups excluding carboxylic acids is 1. The van der Waals surface area contributed by atoms with Gasteiger partial charge in [0.25, 0.3) is 0 Å². The van der Waals surface area contributed by atoms with Crippen molar-refractivity contribution in [3.05, 3.63) is 46.7 Å². The highest BCUT2D eigenvalue weighted by molar-refractivity contribution is 8.00. The maximum absolute atomic E-state index is 11.6. The number of hydrogen-bond donors (Lipinski definition) is 3. The van der Waals surface area contributed by atoms with Gasteiger partial charge in [-0.3, -0.25) is 9.78 Å². The highest BCUT2D eigenvalue weighted by Crippen LogP contribution is 2.32. The minimum absolute atomic E-state index is 0. The van der Waals surface area contributed by atoms with E-state index in [0.29, 0.717) is 58.2 Å². The summed E-state index contributed by atoms with van der Waals surface area (Å²) in [6.07, 6.45) is 2.69. The Bertz CT molecular complexity index is 1250. The van der Waals surface area contributed by atoms with E-state index < -0.39 is 6.10 Å². The summed E-state index contributed by atoms with van der Waals surface area (Å²) >= 11 is 7.94. The summed E-state index contributed by atoms with van der Waals surface area (Å²) in [5, 5.41) is 17.9. The third-order valence-corrected chi connectivity index (χ3v) is 7.69. The van der Waals surface area contributed by atoms with Crippen LogP contribution in [0.1, 0.15) is 30.2 Å². The fourth-order valence-electron chi connectivity index (χ4n) is 4.48. The Hall–Kier alpha value is -1.92. The SMILES string of the molecule is COc1ccc2ncc(Cl)c(C(O)CN3CCC(NCc4ccc5c(n4)NC(=O)CS5)CC3)c2n1.Cl.Cl. The number of aliphatic hydroxyl groups excluding tert-OH is 1. The molecule has 0 bridgehead atoms. The van der Waals surface area contributed by atoms with E-state index in [1.807, 2.05) is 18.2 Å². The van der Waals surface area contributed by atoms with Crippen molar-refractivity contribution in [2.45, 2.75) is 36.4 Å². The van der Waals surface area contributed by atoms with Crippen LogP contribution in [0.15, 0.2) is 35.4 Å². The molecule has 1 unspecified atom stereocenters. The number of carbonyl (C=O) groups is 1. The second-order valence-corrected chi connectivity index (χ2v) is 10.1. The average Bonchev–Trinajstić information content (AvgIpc) is 2.87. The Morgan fingerprint density at radius 1 is 1.24 bits per heavy atom. The zero-order valence-electron chi connectivity index (χ0n) is 20.1. The fraction of sp³-hybridized carbons (Fsp3) is 0.417. The largest absolute Gasteiger partial charge is 0.481 e. The molecule has 5 rings (SSSR count). The minimum Gasteiger partial charge on any atom is -0.481 e. The molecule has 2 aliphatic heterocycles. The second-order valence-electron chi connectivity index (χ2n) is 8.70. The van der Waals surface area contributed by atoms with Crippen molar-refractivity contribution in [1.29, 1.82) is 0 Å². The first-order valence-corrected chi connectivity index (χ1v) is 12.9. The molecule has 1 saturated heterocycles. The maximum atomic E-state index is 11.6. The van der Waals surface area contributed by atoms with Crippen molar-refractivity contribution >= 4 is 70.9 Å². The molecular formula is C24H29Cl3N6O3S. The normalized spacial score (nSPS) is 16.8. The molecule has 1 atom stereocenters. The lowest BCUT2D eigenvalue weighted by molar-refractivity contribution is -0.113. The first-order valence-electron chi connectivity index (χ1n) is 11.6. The third kappa shape index (κ3) is 6.94. The number of β-amino-alcohol motifs (C(OH)–C–C–N with tert-alkyl or cyclic N) is 1. The molecule has 0 spiro atoms. The van der Waals surface area contributed by atoms with Crippen LogP contribution < -0.4 is 15.4 Å². The van der Waals surface area contributed by atoms with Crippen molar-refractivity contribution in [2.24, 2.45) is 0 Å². The number of amides is 1. The number of aromatic nitrogens is 3. The molecule has 0 radical (unpaired) electrons. The summed E-state index contributed by atoms with van der Waals surface area (Å²) in [6.45, 7) is 2.83. The lowest BCUT2D eigenvalue weighted by Gasteiger charge is -2.33. The van der Waals surface area contributed by atoms with Crippen LogP contribution in [0.5, 0.6) is 5.88 Å². The number of hydrogen-bond acceptors (Lipinski definition) is 9. The van der Waals surface area contributed by atoms with Gasteiger partial charge in [-0.1, -0.05) is 11.6 Å². The van der Waals surface area contributed by atoms with Gasteiger partial charge in [-0.25, -0.2) is 9.97 Å². The summed E-state index contributed by atoms with van der Waals surface area (Å²) in [5.41, 5.74) is 2.72. The summed E-state index contributed by atoms with van der Waals surface area (Å²) < 4.78 is 5.24. The number of pyridine rings is 3. The number of likely N-dealkylation sites (tertiary alicyclic amines) is 1. The van der Waals surface area contributed by atoms with Crippen LogP contribution in [0.4, 0.5) is 5.82 Å². The maximum Gasteiger partial charge on any atom is 0.235 e. The van der Waals surface area contributed by atoms with Gasteiger partial charge >= 0.3 is 0 Å². The fourth-order valence-corrected chi connectivity index (χ4v) is 5.50. The van der Waals surface area contributed by atoms with Gasteiger partial charge < -0.3 is 25.4 Å². The predicted octanol–water partition coefficient (Wildman–Crippen LogP) is 3.86. The molecule has 1 fully saturated rings.